The Bertz CT molecular complexity index is 382. The van der Waals surface area contributed by atoms with Gasteiger partial charge in [-0.3, -0.25) is 4.99 Å². The van der Waals surface area contributed by atoms with Crippen molar-refractivity contribution in [3.8, 4) is 0 Å². The summed E-state index contributed by atoms with van der Waals surface area (Å²) in [5.74, 6) is 2.61. The maximum absolute atomic E-state index is 5.86. The van der Waals surface area contributed by atoms with Gasteiger partial charge in [-0.2, -0.15) is 0 Å². The molecule has 1 heterocycles. The van der Waals surface area contributed by atoms with E-state index < -0.39 is 0 Å². The van der Waals surface area contributed by atoms with E-state index in [4.69, 9.17) is 9.73 Å². The molecule has 3 fully saturated rings. The number of nitrogens with zero attached hydrogens (tertiary/aromatic N) is 1. The minimum absolute atomic E-state index is 0. The summed E-state index contributed by atoms with van der Waals surface area (Å²) in [5, 5.41) is 7.06. The van der Waals surface area contributed by atoms with Crippen LogP contribution in [0.25, 0.3) is 0 Å². The number of guanidine groups is 1. The minimum Gasteiger partial charge on any atom is -0.377 e. The molecule has 2 saturated carbocycles. The lowest BCUT2D eigenvalue weighted by Gasteiger charge is -2.54. The van der Waals surface area contributed by atoms with Crippen molar-refractivity contribution in [1.82, 2.24) is 10.6 Å². The zero-order valence-corrected chi connectivity index (χ0v) is 15.9. The van der Waals surface area contributed by atoms with Crippen molar-refractivity contribution in [3.63, 3.8) is 0 Å². The van der Waals surface area contributed by atoms with Gasteiger partial charge in [0.2, 0.25) is 0 Å². The van der Waals surface area contributed by atoms with E-state index in [1.807, 2.05) is 0 Å². The summed E-state index contributed by atoms with van der Waals surface area (Å²) >= 11 is 0. The van der Waals surface area contributed by atoms with Gasteiger partial charge in [0, 0.05) is 37.1 Å². The summed E-state index contributed by atoms with van der Waals surface area (Å²) in [7, 11) is 0. The van der Waals surface area contributed by atoms with Crippen molar-refractivity contribution in [2.75, 3.05) is 19.7 Å². The van der Waals surface area contributed by atoms with Crippen molar-refractivity contribution in [2.45, 2.75) is 58.6 Å². The lowest BCUT2D eigenvalue weighted by Crippen LogP contribution is -2.67. The van der Waals surface area contributed by atoms with E-state index in [2.05, 4.69) is 31.4 Å². The Kier molecular flexibility index (Phi) is 5.79. The van der Waals surface area contributed by atoms with Gasteiger partial charge in [-0.1, -0.05) is 26.7 Å². The number of rotatable bonds is 5. The molecule has 0 radical (unpaired) electrons. The highest BCUT2D eigenvalue weighted by Crippen LogP contribution is 2.52. The van der Waals surface area contributed by atoms with Crippen LogP contribution in [-0.2, 0) is 4.74 Å². The van der Waals surface area contributed by atoms with Crippen LogP contribution in [0, 0.1) is 17.3 Å². The van der Waals surface area contributed by atoms with Crippen LogP contribution < -0.4 is 10.6 Å². The number of ether oxygens (including phenoxy) is 1. The van der Waals surface area contributed by atoms with Crippen LogP contribution in [-0.4, -0.2) is 37.8 Å². The zero-order chi connectivity index (χ0) is 14.2. The topological polar surface area (TPSA) is 45.7 Å². The van der Waals surface area contributed by atoms with E-state index in [-0.39, 0.29) is 29.4 Å². The average Bonchev–Trinajstić information content (AvgIpc) is 3.11. The summed E-state index contributed by atoms with van der Waals surface area (Å²) < 4.78 is 5.86. The van der Waals surface area contributed by atoms with Crippen molar-refractivity contribution in [3.05, 3.63) is 0 Å². The largest absolute Gasteiger partial charge is 0.377 e. The number of hydrogen-bond acceptors (Lipinski definition) is 2. The fraction of sp³-hybridized carbons (Fsp3) is 0.938. The monoisotopic (exact) mass is 407 g/mol. The Morgan fingerprint density at radius 1 is 1.29 bits per heavy atom. The number of aliphatic imine (C=N–C) groups is 1. The molecule has 0 aromatic heterocycles. The Morgan fingerprint density at radius 2 is 2.05 bits per heavy atom. The highest BCUT2D eigenvalue weighted by atomic mass is 127. The zero-order valence-electron chi connectivity index (χ0n) is 13.5. The maximum Gasteiger partial charge on any atom is 0.191 e. The average molecular weight is 407 g/mol. The first-order valence-corrected chi connectivity index (χ1v) is 8.29. The summed E-state index contributed by atoms with van der Waals surface area (Å²) in [6.45, 7) is 9.55. The Hall–Kier alpha value is -0.0400. The van der Waals surface area contributed by atoms with Crippen molar-refractivity contribution in [2.24, 2.45) is 22.2 Å². The third-order valence-corrected chi connectivity index (χ3v) is 5.24. The van der Waals surface area contributed by atoms with Gasteiger partial charge in [0.1, 0.15) is 0 Å². The number of nitrogens with one attached hydrogen (secondary N) is 2. The van der Waals surface area contributed by atoms with Gasteiger partial charge in [-0.15, -0.1) is 24.0 Å². The molecule has 5 heteroatoms. The number of fused-ring (bicyclic) bond motifs is 1. The van der Waals surface area contributed by atoms with E-state index in [1.165, 1.54) is 25.7 Å². The molecule has 2 N–H and O–H groups in total. The maximum atomic E-state index is 5.86. The predicted octanol–water partition coefficient (Wildman–Crippen LogP) is 2.77. The van der Waals surface area contributed by atoms with Crippen LogP contribution in [0.4, 0.5) is 0 Å². The fourth-order valence-corrected chi connectivity index (χ4v) is 3.85. The van der Waals surface area contributed by atoms with Crippen LogP contribution in [0.3, 0.4) is 0 Å². The third-order valence-electron chi connectivity index (χ3n) is 5.24. The lowest BCUT2D eigenvalue weighted by atomic mass is 9.57. The molecule has 0 spiro atoms. The van der Waals surface area contributed by atoms with Gasteiger partial charge in [0.05, 0.1) is 6.10 Å². The summed E-state index contributed by atoms with van der Waals surface area (Å²) in [6, 6.07) is 0.494. The second kappa shape index (κ2) is 7.02. The van der Waals surface area contributed by atoms with E-state index in [9.17, 15) is 0 Å². The standard InChI is InChI=1S/C16H29N3O.HI/c1-4-17-15(18-9-7-11-5-6-11)19-13-12-8-10-20-14(12)16(13,2)3;/h11-14H,4-10H2,1-3H3,(H2,17,18,19);1H. The lowest BCUT2D eigenvalue weighted by molar-refractivity contribution is -0.106. The summed E-state index contributed by atoms with van der Waals surface area (Å²) in [4.78, 5) is 4.75. The molecule has 1 aliphatic heterocycles. The van der Waals surface area contributed by atoms with Gasteiger partial charge >= 0.3 is 0 Å². The minimum atomic E-state index is 0. The van der Waals surface area contributed by atoms with E-state index in [0.717, 1.165) is 31.6 Å². The molecule has 122 valence electrons. The molecule has 3 unspecified atom stereocenters. The highest BCUT2D eigenvalue weighted by Gasteiger charge is 2.59. The molecular formula is C16H30IN3O. The summed E-state index contributed by atoms with van der Waals surface area (Å²) in [5.41, 5.74) is 0.216. The second-order valence-corrected chi connectivity index (χ2v) is 7.18. The van der Waals surface area contributed by atoms with E-state index in [0.29, 0.717) is 18.1 Å². The quantitative estimate of drug-likeness (QED) is 0.419. The number of halogens is 1. The molecular weight excluding hydrogens is 377 g/mol. The molecule has 2 aliphatic carbocycles. The molecule has 0 aromatic rings. The molecule has 21 heavy (non-hydrogen) atoms. The van der Waals surface area contributed by atoms with Crippen LogP contribution >= 0.6 is 24.0 Å². The number of hydrogen-bond donors (Lipinski definition) is 2. The molecule has 3 atom stereocenters. The van der Waals surface area contributed by atoms with Gasteiger partial charge in [-0.05, 0) is 25.7 Å². The van der Waals surface area contributed by atoms with Crippen LogP contribution in [0.5, 0.6) is 0 Å². The third kappa shape index (κ3) is 3.66. The van der Waals surface area contributed by atoms with E-state index >= 15 is 0 Å². The van der Waals surface area contributed by atoms with Gasteiger partial charge in [0.15, 0.2) is 5.96 Å². The van der Waals surface area contributed by atoms with Crippen LogP contribution in [0.1, 0.15) is 46.5 Å². The Morgan fingerprint density at radius 3 is 2.71 bits per heavy atom. The van der Waals surface area contributed by atoms with E-state index in [1.54, 1.807) is 0 Å². The predicted molar refractivity (Wildman–Crippen MR) is 97.3 cm³/mol. The second-order valence-electron chi connectivity index (χ2n) is 7.18. The molecule has 3 rings (SSSR count). The molecule has 3 aliphatic rings. The van der Waals surface area contributed by atoms with Crippen molar-refractivity contribution >= 4 is 29.9 Å². The highest BCUT2D eigenvalue weighted by molar-refractivity contribution is 14.0. The molecule has 0 amide bonds. The molecule has 1 saturated heterocycles. The SMILES string of the molecule is CCNC(=NCCC1CC1)NC1C2CCOC2C1(C)C.I. The first-order chi connectivity index (χ1) is 9.63. The van der Waals surface area contributed by atoms with Crippen molar-refractivity contribution in [1.29, 1.82) is 0 Å². The van der Waals surface area contributed by atoms with Gasteiger partial charge in [0.25, 0.3) is 0 Å². The van der Waals surface area contributed by atoms with Crippen molar-refractivity contribution < 1.29 is 4.74 Å². The van der Waals surface area contributed by atoms with Gasteiger partial charge < -0.3 is 15.4 Å². The molecule has 4 nitrogen and oxygen atoms in total. The van der Waals surface area contributed by atoms with Gasteiger partial charge in [-0.25, -0.2) is 0 Å². The fourth-order valence-electron chi connectivity index (χ4n) is 3.85. The Balaban J connectivity index is 0.00000161. The normalized spacial score (nSPS) is 33.7. The van der Waals surface area contributed by atoms with Crippen LogP contribution in [0.2, 0.25) is 0 Å². The first-order valence-electron chi connectivity index (χ1n) is 8.29. The Labute approximate surface area is 145 Å². The smallest absolute Gasteiger partial charge is 0.191 e. The molecule has 0 bridgehead atoms. The van der Waals surface area contributed by atoms with Crippen LogP contribution in [0.15, 0.2) is 4.99 Å². The summed E-state index contributed by atoms with van der Waals surface area (Å²) in [6.07, 6.45) is 5.70. The first kappa shape index (κ1) is 17.3. The molecule has 0 aromatic carbocycles.